The Morgan fingerprint density at radius 2 is 2.10 bits per heavy atom. The molecule has 0 aromatic carbocycles. The summed E-state index contributed by atoms with van der Waals surface area (Å²) in [4.78, 5) is 13.6. The van der Waals surface area contributed by atoms with Crippen LogP contribution in [0.1, 0.15) is 46.0 Å². The maximum Gasteiger partial charge on any atom is 0.390 e. The molecule has 124 valence electrons. The molecule has 1 aliphatic carbocycles. The highest BCUT2D eigenvalue weighted by Gasteiger charge is 2.43. The monoisotopic (exact) mass is 309 g/mol. The molecule has 1 aliphatic rings. The highest BCUT2D eigenvalue weighted by atomic mass is 19.4. The molecule has 0 saturated heterocycles. The number of hydrogen-bond donors (Lipinski definition) is 2. The van der Waals surface area contributed by atoms with E-state index in [0.717, 1.165) is 12.8 Å². The van der Waals surface area contributed by atoms with Gasteiger partial charge in [-0.3, -0.25) is 4.79 Å². The molecule has 0 aliphatic heterocycles. The zero-order valence-corrected chi connectivity index (χ0v) is 13.0. The van der Waals surface area contributed by atoms with Crippen LogP contribution in [-0.4, -0.2) is 48.2 Å². The standard InChI is InChI=1S/C14H26F3N3O/c1-10(2)19-13(12(18)21)6-4-5-11(9-13)20(3)8-7-14(15,16)17/h10-11,19H,4-9H2,1-3H3,(H2,18,21). The Labute approximate surface area is 124 Å². The van der Waals surface area contributed by atoms with Gasteiger partial charge < -0.3 is 16.0 Å². The van der Waals surface area contributed by atoms with Gasteiger partial charge in [0, 0.05) is 18.6 Å². The second-order valence-corrected chi connectivity index (χ2v) is 6.34. The summed E-state index contributed by atoms with van der Waals surface area (Å²) < 4.78 is 37.0. The minimum atomic E-state index is -4.15. The Kier molecular flexibility index (Phi) is 6.04. The van der Waals surface area contributed by atoms with E-state index in [4.69, 9.17) is 5.73 Å². The number of hydrogen-bond acceptors (Lipinski definition) is 3. The quantitative estimate of drug-likeness (QED) is 0.789. The summed E-state index contributed by atoms with van der Waals surface area (Å²) in [5.74, 6) is -0.412. The molecule has 0 radical (unpaired) electrons. The van der Waals surface area contributed by atoms with Gasteiger partial charge in [0.05, 0.1) is 12.0 Å². The van der Waals surface area contributed by atoms with Crippen molar-refractivity contribution in [1.29, 1.82) is 0 Å². The van der Waals surface area contributed by atoms with E-state index in [2.05, 4.69) is 5.32 Å². The zero-order chi connectivity index (χ0) is 16.3. The summed E-state index contributed by atoms with van der Waals surface area (Å²) >= 11 is 0. The second kappa shape index (κ2) is 6.96. The van der Waals surface area contributed by atoms with Crippen molar-refractivity contribution in [2.24, 2.45) is 5.73 Å². The Balaban J connectivity index is 2.70. The van der Waals surface area contributed by atoms with Crippen LogP contribution in [0.2, 0.25) is 0 Å². The summed E-state index contributed by atoms with van der Waals surface area (Å²) in [5, 5.41) is 3.23. The van der Waals surface area contributed by atoms with Crippen LogP contribution in [0.3, 0.4) is 0 Å². The molecule has 4 nitrogen and oxygen atoms in total. The number of amides is 1. The van der Waals surface area contributed by atoms with Crippen molar-refractivity contribution in [1.82, 2.24) is 10.2 Å². The lowest BCUT2D eigenvalue weighted by Gasteiger charge is -2.43. The minimum absolute atomic E-state index is 0.0509. The van der Waals surface area contributed by atoms with Gasteiger partial charge in [-0.1, -0.05) is 0 Å². The number of alkyl halides is 3. The SMILES string of the molecule is CC(C)NC1(C(N)=O)CCCC(N(C)CCC(F)(F)F)C1. The van der Waals surface area contributed by atoms with E-state index in [1.165, 1.54) is 0 Å². The van der Waals surface area contributed by atoms with Crippen LogP contribution in [0.15, 0.2) is 0 Å². The number of nitrogens with one attached hydrogen (secondary N) is 1. The lowest BCUT2D eigenvalue weighted by atomic mass is 9.77. The first-order valence-corrected chi connectivity index (χ1v) is 7.40. The summed E-state index contributed by atoms with van der Waals surface area (Å²) in [7, 11) is 1.68. The Morgan fingerprint density at radius 3 is 2.57 bits per heavy atom. The molecule has 2 unspecified atom stereocenters. The van der Waals surface area contributed by atoms with E-state index in [0.29, 0.717) is 12.8 Å². The molecule has 0 aromatic rings. The van der Waals surface area contributed by atoms with E-state index in [1.807, 2.05) is 13.8 Å². The fourth-order valence-corrected chi connectivity index (χ4v) is 3.09. The third kappa shape index (κ3) is 5.47. The lowest BCUT2D eigenvalue weighted by molar-refractivity contribution is -0.140. The van der Waals surface area contributed by atoms with E-state index < -0.39 is 24.0 Å². The molecule has 0 aromatic heterocycles. The topological polar surface area (TPSA) is 58.4 Å². The van der Waals surface area contributed by atoms with Gasteiger partial charge in [0.1, 0.15) is 0 Å². The number of nitrogens with zero attached hydrogens (tertiary/aromatic N) is 1. The zero-order valence-electron chi connectivity index (χ0n) is 13.0. The smallest absolute Gasteiger partial charge is 0.368 e. The van der Waals surface area contributed by atoms with Crippen molar-refractivity contribution in [3.63, 3.8) is 0 Å². The predicted molar refractivity (Wildman–Crippen MR) is 75.8 cm³/mol. The van der Waals surface area contributed by atoms with Gasteiger partial charge in [-0.25, -0.2) is 0 Å². The molecule has 3 N–H and O–H groups in total. The van der Waals surface area contributed by atoms with Crippen molar-refractivity contribution >= 4 is 5.91 Å². The third-order valence-electron chi connectivity index (χ3n) is 4.13. The molecular weight excluding hydrogens is 283 g/mol. The van der Waals surface area contributed by atoms with Crippen LogP contribution in [0.5, 0.6) is 0 Å². The van der Waals surface area contributed by atoms with Crippen LogP contribution >= 0.6 is 0 Å². The third-order valence-corrected chi connectivity index (χ3v) is 4.13. The molecule has 1 rings (SSSR count). The van der Waals surface area contributed by atoms with E-state index in [-0.39, 0.29) is 18.6 Å². The highest BCUT2D eigenvalue weighted by Crippen LogP contribution is 2.32. The average molecular weight is 309 g/mol. The Bertz CT molecular complexity index is 360. The minimum Gasteiger partial charge on any atom is -0.368 e. The van der Waals surface area contributed by atoms with E-state index >= 15 is 0 Å². The summed E-state index contributed by atoms with van der Waals surface area (Å²) in [6, 6.07) is 0.0385. The van der Waals surface area contributed by atoms with E-state index in [1.54, 1.807) is 11.9 Å². The maximum atomic E-state index is 12.3. The van der Waals surface area contributed by atoms with Gasteiger partial charge in [-0.15, -0.1) is 0 Å². The Hall–Kier alpha value is -0.820. The molecule has 0 bridgehead atoms. The second-order valence-electron chi connectivity index (χ2n) is 6.34. The number of primary amides is 1. The van der Waals surface area contributed by atoms with Crippen LogP contribution in [0, 0.1) is 0 Å². The number of carbonyl (C=O) groups is 1. The van der Waals surface area contributed by atoms with Gasteiger partial charge in [-0.05, 0) is 46.6 Å². The van der Waals surface area contributed by atoms with Gasteiger partial charge in [0.2, 0.25) is 5.91 Å². The van der Waals surface area contributed by atoms with Crippen molar-refractivity contribution in [2.75, 3.05) is 13.6 Å². The van der Waals surface area contributed by atoms with Crippen LogP contribution < -0.4 is 11.1 Å². The summed E-state index contributed by atoms with van der Waals surface area (Å²) in [6.45, 7) is 3.81. The molecule has 7 heteroatoms. The number of rotatable bonds is 6. The molecule has 2 atom stereocenters. The van der Waals surface area contributed by atoms with Gasteiger partial charge >= 0.3 is 6.18 Å². The molecule has 1 amide bonds. The van der Waals surface area contributed by atoms with Crippen molar-refractivity contribution in [3.05, 3.63) is 0 Å². The Morgan fingerprint density at radius 1 is 1.48 bits per heavy atom. The molecule has 0 heterocycles. The fourth-order valence-electron chi connectivity index (χ4n) is 3.09. The molecular formula is C14H26F3N3O. The molecule has 1 fully saturated rings. The first kappa shape index (κ1) is 18.2. The van der Waals surface area contributed by atoms with Crippen molar-refractivity contribution in [3.8, 4) is 0 Å². The van der Waals surface area contributed by atoms with Gasteiger partial charge in [-0.2, -0.15) is 13.2 Å². The number of halogens is 3. The average Bonchev–Trinajstić information content (AvgIpc) is 2.34. The normalized spacial score (nSPS) is 27.3. The summed E-state index contributed by atoms with van der Waals surface area (Å²) in [5.41, 5.74) is 4.75. The summed E-state index contributed by atoms with van der Waals surface area (Å²) in [6.07, 6.45) is -2.30. The van der Waals surface area contributed by atoms with Gasteiger partial charge in [0.25, 0.3) is 0 Å². The van der Waals surface area contributed by atoms with E-state index in [9.17, 15) is 18.0 Å². The highest BCUT2D eigenvalue weighted by molar-refractivity contribution is 5.85. The van der Waals surface area contributed by atoms with Crippen LogP contribution in [0.4, 0.5) is 13.2 Å². The number of nitrogens with two attached hydrogens (primary N) is 1. The van der Waals surface area contributed by atoms with Crippen molar-refractivity contribution < 1.29 is 18.0 Å². The number of carbonyl (C=O) groups excluding carboxylic acids is 1. The van der Waals surface area contributed by atoms with Gasteiger partial charge in [0.15, 0.2) is 0 Å². The van der Waals surface area contributed by atoms with Crippen LogP contribution in [-0.2, 0) is 4.79 Å². The lowest BCUT2D eigenvalue weighted by Crippen LogP contribution is -2.62. The maximum absolute atomic E-state index is 12.3. The molecule has 21 heavy (non-hydrogen) atoms. The molecule has 0 spiro atoms. The predicted octanol–water partition coefficient (Wildman–Crippen LogP) is 2.04. The largest absolute Gasteiger partial charge is 0.390 e. The first-order chi connectivity index (χ1) is 9.56. The first-order valence-electron chi connectivity index (χ1n) is 7.40. The fraction of sp³-hybridized carbons (Fsp3) is 0.929. The van der Waals surface area contributed by atoms with Crippen molar-refractivity contribution in [2.45, 2.75) is 69.8 Å². The van der Waals surface area contributed by atoms with Crippen LogP contribution in [0.25, 0.3) is 0 Å². The molecule has 1 saturated carbocycles.